The fourth-order valence-corrected chi connectivity index (χ4v) is 7.74. The summed E-state index contributed by atoms with van der Waals surface area (Å²) in [5, 5.41) is 6.13. The second-order valence-corrected chi connectivity index (χ2v) is 14.5. The van der Waals surface area contributed by atoms with E-state index in [1.807, 2.05) is 24.0 Å². The largest absolute Gasteiger partial charge is 0.457 e. The molecule has 2 saturated heterocycles. The molecule has 5 rings (SSSR count). The number of nitrogens with two attached hydrogens (primary N) is 1. The molecule has 2 aliphatic heterocycles. The summed E-state index contributed by atoms with van der Waals surface area (Å²) in [7, 11) is -0.0468. The number of rotatable bonds is 15. The van der Waals surface area contributed by atoms with E-state index in [-0.39, 0.29) is 38.6 Å². The highest BCUT2D eigenvalue weighted by atomic mass is 31.1. The van der Waals surface area contributed by atoms with Crippen LogP contribution in [0.5, 0.6) is 11.5 Å². The van der Waals surface area contributed by atoms with Gasteiger partial charge in [0.2, 0.25) is 11.8 Å². The molecule has 3 fully saturated rings. The number of hydrogen-bond acceptors (Lipinski definition) is 7. The minimum atomic E-state index is -0.738. The van der Waals surface area contributed by atoms with E-state index in [2.05, 4.69) is 34.6 Å². The van der Waals surface area contributed by atoms with Crippen LogP contribution < -0.4 is 20.9 Å². The maximum atomic E-state index is 13.8. The molecule has 1 saturated carbocycles. The van der Waals surface area contributed by atoms with E-state index < -0.39 is 5.54 Å². The molecule has 48 heavy (non-hydrogen) atoms. The van der Waals surface area contributed by atoms with Gasteiger partial charge in [0.1, 0.15) is 23.1 Å². The fourth-order valence-electron chi connectivity index (χ4n) is 7.36. The molecule has 3 amide bonds. The van der Waals surface area contributed by atoms with Crippen molar-refractivity contribution in [3.8, 4) is 11.5 Å². The van der Waals surface area contributed by atoms with Gasteiger partial charge in [-0.05, 0) is 79.5 Å². The third-order valence-corrected chi connectivity index (χ3v) is 10.6. The zero-order valence-corrected chi connectivity index (χ0v) is 29.7. The van der Waals surface area contributed by atoms with Gasteiger partial charge >= 0.3 is 0 Å². The van der Waals surface area contributed by atoms with E-state index in [1.165, 1.54) is 32.1 Å². The number of nitrogens with zero attached hydrogens (tertiary/aromatic N) is 2. The Morgan fingerprint density at radius 2 is 1.71 bits per heavy atom. The van der Waals surface area contributed by atoms with Crippen LogP contribution >= 0.6 is 8.96 Å². The maximum absolute atomic E-state index is 13.8. The summed E-state index contributed by atoms with van der Waals surface area (Å²) in [5.41, 5.74) is 6.38. The number of carbonyl (C=O) groups excluding carboxylic acids is 3. The van der Waals surface area contributed by atoms with Crippen molar-refractivity contribution in [1.82, 2.24) is 20.4 Å². The van der Waals surface area contributed by atoms with Gasteiger partial charge < -0.3 is 24.8 Å². The lowest BCUT2D eigenvalue weighted by atomic mass is 9.79. The first-order chi connectivity index (χ1) is 23.3. The minimum Gasteiger partial charge on any atom is -0.457 e. The van der Waals surface area contributed by atoms with Gasteiger partial charge in [0.15, 0.2) is 0 Å². The third-order valence-electron chi connectivity index (χ3n) is 10.3. The predicted molar refractivity (Wildman–Crippen MR) is 190 cm³/mol. The molecular formula is C37H54N5O5P. The van der Waals surface area contributed by atoms with E-state index in [0.717, 1.165) is 50.2 Å². The molecule has 10 nitrogen and oxygen atoms in total. The van der Waals surface area contributed by atoms with Crippen molar-refractivity contribution in [1.29, 1.82) is 0 Å². The minimum absolute atomic E-state index is 0.0468. The van der Waals surface area contributed by atoms with Gasteiger partial charge in [0.05, 0.1) is 15.6 Å². The fraction of sp³-hybridized carbons (Fsp3) is 0.595. The van der Waals surface area contributed by atoms with E-state index in [0.29, 0.717) is 49.8 Å². The second kappa shape index (κ2) is 17.6. The molecule has 0 bridgehead atoms. The molecule has 3 atom stereocenters. The second-order valence-electron chi connectivity index (χ2n) is 13.9. The van der Waals surface area contributed by atoms with Crippen molar-refractivity contribution < 1.29 is 23.6 Å². The standard InChI is InChI=1S/C37H54N5O5P/c1-3-4-20-42-35(44)33(23-28-8-6-5-7-9-28)40-36(45)37(42)18-21-41(22-19-37)25-29-10-14-31(15-11-29)47-32-16-12-30(13-17-32)34(43)39-24-27(2)26-46-48-38/h10-17,27-28,33,48H,3-9,18-26,38H2,1-2H3,(H,39,43)(H,40,45). The summed E-state index contributed by atoms with van der Waals surface area (Å²) >= 11 is 0. The van der Waals surface area contributed by atoms with E-state index in [1.54, 1.807) is 24.3 Å². The van der Waals surface area contributed by atoms with Crippen LogP contribution in [0.2, 0.25) is 0 Å². The number of piperazine rings is 1. The Morgan fingerprint density at radius 1 is 1.04 bits per heavy atom. The van der Waals surface area contributed by atoms with Crippen LogP contribution in [-0.4, -0.2) is 71.9 Å². The average Bonchev–Trinajstić information content (AvgIpc) is 3.11. The summed E-state index contributed by atoms with van der Waals surface area (Å²) in [6.45, 7) is 8.11. The molecule has 1 aliphatic carbocycles. The van der Waals surface area contributed by atoms with Crippen molar-refractivity contribution in [2.75, 3.05) is 32.8 Å². The average molecular weight is 680 g/mol. The first kappa shape index (κ1) is 36.2. The van der Waals surface area contributed by atoms with E-state index >= 15 is 0 Å². The van der Waals surface area contributed by atoms with Gasteiger partial charge in [-0.15, -0.1) is 0 Å². The van der Waals surface area contributed by atoms with Crippen LogP contribution in [0.25, 0.3) is 0 Å². The number of nitrogens with one attached hydrogen (secondary N) is 2. The monoisotopic (exact) mass is 679 g/mol. The van der Waals surface area contributed by atoms with Crippen molar-refractivity contribution in [2.45, 2.75) is 96.2 Å². The Balaban J connectivity index is 1.11. The smallest absolute Gasteiger partial charge is 0.251 e. The summed E-state index contributed by atoms with van der Waals surface area (Å²) in [5.74, 6) is 2.13. The lowest BCUT2D eigenvalue weighted by Gasteiger charge is -2.52. The summed E-state index contributed by atoms with van der Waals surface area (Å²) in [6, 6.07) is 14.8. The lowest BCUT2D eigenvalue weighted by Crippen LogP contribution is -2.73. The Morgan fingerprint density at radius 3 is 2.35 bits per heavy atom. The molecule has 2 aromatic rings. The molecule has 2 aromatic carbocycles. The van der Waals surface area contributed by atoms with Gasteiger partial charge in [-0.3, -0.25) is 24.8 Å². The van der Waals surface area contributed by atoms with Crippen LogP contribution in [-0.2, 0) is 20.7 Å². The normalized spacial score (nSPS) is 21.1. The number of likely N-dealkylation sites (tertiary alicyclic amines) is 1. The first-order valence-corrected chi connectivity index (χ1v) is 18.9. The van der Waals surface area contributed by atoms with Crippen molar-refractivity contribution in [3.05, 3.63) is 59.7 Å². The highest BCUT2D eigenvalue weighted by molar-refractivity contribution is 7.29. The first-order valence-electron chi connectivity index (χ1n) is 17.9. The third kappa shape index (κ3) is 9.35. The van der Waals surface area contributed by atoms with Crippen LogP contribution in [0.1, 0.15) is 94.0 Å². The number of unbranched alkanes of at least 4 members (excludes halogenated alkanes) is 1. The number of benzene rings is 2. The number of amides is 3. The Bertz CT molecular complexity index is 1340. The molecule has 0 aromatic heterocycles. The Labute approximate surface area is 287 Å². The molecule has 0 radical (unpaired) electrons. The Kier molecular flexibility index (Phi) is 13.3. The molecule has 3 unspecified atom stereocenters. The quantitative estimate of drug-likeness (QED) is 0.205. The van der Waals surface area contributed by atoms with Gasteiger partial charge in [0.25, 0.3) is 5.91 Å². The SMILES string of the molecule is CCCCN1C(=O)C(CC2CCCCC2)NC(=O)C12CCN(Cc1ccc(Oc3ccc(C(=O)NCC(C)COPN)cc3)cc1)CC2. The zero-order valence-electron chi connectivity index (χ0n) is 28.7. The van der Waals surface area contributed by atoms with Crippen LogP contribution in [0.15, 0.2) is 48.5 Å². The van der Waals surface area contributed by atoms with Crippen molar-refractivity contribution >= 4 is 26.7 Å². The van der Waals surface area contributed by atoms with Gasteiger partial charge in [-0.2, -0.15) is 0 Å². The summed E-state index contributed by atoms with van der Waals surface area (Å²) in [6.07, 6.45) is 10.1. The Hall–Kier alpha value is -3.04. The van der Waals surface area contributed by atoms with Crippen LogP contribution in [0, 0.1) is 11.8 Å². The number of hydrogen-bond donors (Lipinski definition) is 3. The molecule has 11 heteroatoms. The number of piperidine rings is 1. The highest BCUT2D eigenvalue weighted by Gasteiger charge is 2.53. The summed E-state index contributed by atoms with van der Waals surface area (Å²) in [4.78, 5) is 44.5. The van der Waals surface area contributed by atoms with Crippen molar-refractivity contribution in [3.63, 3.8) is 0 Å². The van der Waals surface area contributed by atoms with E-state index in [9.17, 15) is 14.4 Å². The maximum Gasteiger partial charge on any atom is 0.251 e. The topological polar surface area (TPSA) is 126 Å². The molecule has 3 aliphatic rings. The lowest BCUT2D eigenvalue weighted by molar-refractivity contribution is -0.162. The molecule has 262 valence electrons. The molecular weight excluding hydrogens is 625 g/mol. The van der Waals surface area contributed by atoms with Crippen molar-refractivity contribution in [2.24, 2.45) is 17.3 Å². The van der Waals surface area contributed by atoms with Crippen LogP contribution in [0.3, 0.4) is 0 Å². The predicted octanol–water partition coefficient (Wildman–Crippen LogP) is 5.76. The zero-order chi connectivity index (χ0) is 33.9. The highest BCUT2D eigenvalue weighted by Crippen LogP contribution is 2.36. The molecule has 4 N–H and O–H groups in total. The summed E-state index contributed by atoms with van der Waals surface area (Å²) < 4.78 is 11.3. The number of carbonyl (C=O) groups is 3. The van der Waals surface area contributed by atoms with Crippen LogP contribution in [0.4, 0.5) is 0 Å². The molecule has 1 spiro atoms. The van der Waals surface area contributed by atoms with E-state index in [4.69, 9.17) is 14.8 Å². The van der Waals surface area contributed by atoms with Gasteiger partial charge in [-0.25, -0.2) is 0 Å². The molecule has 2 heterocycles. The van der Waals surface area contributed by atoms with Gasteiger partial charge in [0, 0.05) is 38.3 Å². The number of ether oxygens (including phenoxy) is 1. The van der Waals surface area contributed by atoms with Gasteiger partial charge in [-0.1, -0.05) is 64.5 Å².